The molecule has 16 heteroatoms. The van der Waals surface area contributed by atoms with Gasteiger partial charge in [0.25, 0.3) is 5.91 Å². The minimum atomic E-state index is -1.28. The molecule has 0 radical (unpaired) electrons. The molecule has 1 aliphatic heterocycles. The molecule has 4 atom stereocenters. The van der Waals surface area contributed by atoms with Crippen LogP contribution in [0.1, 0.15) is 81.8 Å². The zero-order chi connectivity index (χ0) is 35.1. The number of ether oxygens (including phenoxy) is 2. The SMILES string of the molecule is CCOC(=O)C=CCC[C@H](NC(=O)c1cnoc1C)C(=O)N[C@@H](CCC(N)=O)C(=O)N1CCC[C@H]1C(=O)N[C@@H](CC(C)C)C(=O)OC. The van der Waals surface area contributed by atoms with Crippen molar-refractivity contribution in [3.8, 4) is 0 Å². The summed E-state index contributed by atoms with van der Waals surface area (Å²) in [6, 6.07) is -4.31. The van der Waals surface area contributed by atoms with Gasteiger partial charge in [-0.05, 0) is 58.3 Å². The lowest BCUT2D eigenvalue weighted by Crippen LogP contribution is -2.57. The minimum absolute atomic E-state index is 0.0219. The zero-order valence-electron chi connectivity index (χ0n) is 27.5. The topological polar surface area (TPSA) is 229 Å². The monoisotopic (exact) mass is 662 g/mol. The maximum atomic E-state index is 13.9. The standard InChI is InChI=1S/C31H46N6O10/c1-6-46-26(39)12-8-7-10-21(34-27(40)20-17-33-47-19(20)4)28(41)35-22(13-14-25(32)38)30(43)37-15-9-11-24(37)29(42)36-23(16-18(2)3)31(44)45-5/h8,12,17-18,21-24H,6-7,9-11,13-16H2,1-5H3,(H2,32,38)(H,34,40)(H,35,41)(H,36,42)/t21-,22-,23-,24-/m0/s1. The highest BCUT2D eigenvalue weighted by Crippen LogP contribution is 2.21. The van der Waals surface area contributed by atoms with Gasteiger partial charge < -0.3 is 40.6 Å². The summed E-state index contributed by atoms with van der Waals surface area (Å²) in [4.78, 5) is 90.7. The lowest BCUT2D eigenvalue weighted by molar-refractivity contribution is -0.147. The molecule has 0 spiro atoms. The van der Waals surface area contributed by atoms with E-state index in [1.54, 1.807) is 6.92 Å². The summed E-state index contributed by atoms with van der Waals surface area (Å²) < 4.78 is 14.6. The highest BCUT2D eigenvalue weighted by Gasteiger charge is 2.39. The quantitative estimate of drug-likeness (QED) is 0.124. The van der Waals surface area contributed by atoms with Crippen LogP contribution in [0.25, 0.3) is 0 Å². The summed E-state index contributed by atoms with van der Waals surface area (Å²) in [6.07, 6.45) is 4.78. The summed E-state index contributed by atoms with van der Waals surface area (Å²) in [5.41, 5.74) is 5.45. The molecule has 2 heterocycles. The molecule has 1 aromatic heterocycles. The van der Waals surface area contributed by atoms with Crippen molar-refractivity contribution in [1.82, 2.24) is 26.0 Å². The largest absolute Gasteiger partial charge is 0.467 e. The molecule has 1 fully saturated rings. The first-order valence-electron chi connectivity index (χ1n) is 15.6. The van der Waals surface area contributed by atoms with Crippen molar-refractivity contribution in [3.63, 3.8) is 0 Å². The summed E-state index contributed by atoms with van der Waals surface area (Å²) in [6.45, 7) is 7.34. The number of primary amides is 1. The van der Waals surface area contributed by atoms with Crippen LogP contribution in [-0.4, -0.2) is 96.0 Å². The molecular formula is C31H46N6O10. The van der Waals surface area contributed by atoms with Gasteiger partial charge in [-0.1, -0.05) is 25.1 Å². The van der Waals surface area contributed by atoms with Gasteiger partial charge in [0.1, 0.15) is 35.5 Å². The first-order valence-corrected chi connectivity index (χ1v) is 15.6. The summed E-state index contributed by atoms with van der Waals surface area (Å²) in [5.74, 6) is -4.18. The van der Waals surface area contributed by atoms with Crippen LogP contribution in [0, 0.1) is 12.8 Å². The third-order valence-corrected chi connectivity index (χ3v) is 7.42. The Bertz CT molecular complexity index is 1310. The number of aromatic nitrogens is 1. The lowest BCUT2D eigenvalue weighted by atomic mass is 10.0. The van der Waals surface area contributed by atoms with E-state index in [-0.39, 0.29) is 56.1 Å². The minimum Gasteiger partial charge on any atom is -0.467 e. The fourth-order valence-electron chi connectivity index (χ4n) is 5.07. The highest BCUT2D eigenvalue weighted by molar-refractivity contribution is 5.99. The average molecular weight is 663 g/mol. The van der Waals surface area contributed by atoms with E-state index in [0.29, 0.717) is 19.3 Å². The van der Waals surface area contributed by atoms with E-state index < -0.39 is 65.6 Å². The molecular weight excluding hydrogens is 616 g/mol. The Hall–Kier alpha value is -4.76. The number of nitrogens with zero attached hydrogens (tertiary/aromatic N) is 2. The second kappa shape index (κ2) is 19.0. The normalized spacial score (nSPS) is 16.3. The molecule has 0 saturated carbocycles. The van der Waals surface area contributed by atoms with E-state index in [1.165, 1.54) is 37.3 Å². The molecule has 0 aliphatic carbocycles. The van der Waals surface area contributed by atoms with E-state index in [4.69, 9.17) is 19.7 Å². The number of nitrogens with two attached hydrogens (primary N) is 1. The number of hydrogen-bond donors (Lipinski definition) is 4. The van der Waals surface area contributed by atoms with Crippen LogP contribution in [0.3, 0.4) is 0 Å². The Morgan fingerprint density at radius 1 is 1.09 bits per heavy atom. The Balaban J connectivity index is 2.27. The first kappa shape index (κ1) is 38.4. The van der Waals surface area contributed by atoms with Gasteiger partial charge in [0, 0.05) is 19.0 Å². The molecule has 1 aliphatic rings. The molecule has 16 nitrogen and oxygen atoms in total. The van der Waals surface area contributed by atoms with Crippen molar-refractivity contribution >= 4 is 41.5 Å². The van der Waals surface area contributed by atoms with Gasteiger partial charge in [0.15, 0.2) is 0 Å². The van der Waals surface area contributed by atoms with Gasteiger partial charge in [-0.3, -0.25) is 24.0 Å². The van der Waals surface area contributed by atoms with Crippen molar-refractivity contribution in [3.05, 3.63) is 29.7 Å². The third kappa shape index (κ3) is 12.2. The van der Waals surface area contributed by atoms with Gasteiger partial charge in [0.2, 0.25) is 23.6 Å². The smallest absolute Gasteiger partial charge is 0.330 e. The molecule has 1 aromatic rings. The fraction of sp³-hybridized carbons (Fsp3) is 0.613. The predicted octanol–water partition coefficient (Wildman–Crippen LogP) is 0.426. The molecule has 0 bridgehead atoms. The third-order valence-electron chi connectivity index (χ3n) is 7.42. The van der Waals surface area contributed by atoms with E-state index in [2.05, 4.69) is 21.1 Å². The Morgan fingerprint density at radius 3 is 2.40 bits per heavy atom. The van der Waals surface area contributed by atoms with E-state index in [0.717, 1.165) is 0 Å². The van der Waals surface area contributed by atoms with Crippen LogP contribution in [0.4, 0.5) is 0 Å². The Labute approximate surface area is 273 Å². The van der Waals surface area contributed by atoms with Crippen LogP contribution < -0.4 is 21.7 Å². The summed E-state index contributed by atoms with van der Waals surface area (Å²) in [5, 5.41) is 11.5. The molecule has 0 aromatic carbocycles. The predicted molar refractivity (Wildman–Crippen MR) is 166 cm³/mol. The number of likely N-dealkylation sites (tertiary alicyclic amines) is 1. The second-order valence-corrected chi connectivity index (χ2v) is 11.5. The maximum Gasteiger partial charge on any atom is 0.330 e. The van der Waals surface area contributed by atoms with Crippen molar-refractivity contribution in [2.24, 2.45) is 11.7 Å². The van der Waals surface area contributed by atoms with Crippen LogP contribution in [0.5, 0.6) is 0 Å². The van der Waals surface area contributed by atoms with Crippen molar-refractivity contribution in [1.29, 1.82) is 0 Å². The van der Waals surface area contributed by atoms with E-state index in [9.17, 15) is 33.6 Å². The van der Waals surface area contributed by atoms with E-state index >= 15 is 0 Å². The number of methoxy groups -OCH3 is 1. The molecule has 2 rings (SSSR count). The molecule has 1 saturated heterocycles. The van der Waals surface area contributed by atoms with Crippen LogP contribution in [0.2, 0.25) is 0 Å². The van der Waals surface area contributed by atoms with Gasteiger partial charge >= 0.3 is 11.9 Å². The molecule has 5 N–H and O–H groups in total. The Kier molecular flexibility index (Phi) is 15.6. The van der Waals surface area contributed by atoms with Crippen LogP contribution in [0.15, 0.2) is 22.9 Å². The van der Waals surface area contributed by atoms with Crippen LogP contribution in [-0.2, 0) is 38.2 Å². The summed E-state index contributed by atoms with van der Waals surface area (Å²) in [7, 11) is 1.22. The number of esters is 2. The molecule has 260 valence electrons. The van der Waals surface area contributed by atoms with Crippen molar-refractivity contribution in [2.75, 3.05) is 20.3 Å². The average Bonchev–Trinajstić information content (AvgIpc) is 3.68. The summed E-state index contributed by atoms with van der Waals surface area (Å²) >= 11 is 0. The fourth-order valence-corrected chi connectivity index (χ4v) is 5.07. The van der Waals surface area contributed by atoms with Gasteiger partial charge in [0.05, 0.1) is 19.9 Å². The lowest BCUT2D eigenvalue weighted by Gasteiger charge is -2.30. The van der Waals surface area contributed by atoms with Crippen LogP contribution >= 0.6 is 0 Å². The molecule has 0 unspecified atom stereocenters. The van der Waals surface area contributed by atoms with Gasteiger partial charge in [-0.25, -0.2) is 9.59 Å². The van der Waals surface area contributed by atoms with Crippen molar-refractivity contribution < 1.29 is 47.6 Å². The number of allylic oxidation sites excluding steroid dienone is 1. The molecule has 47 heavy (non-hydrogen) atoms. The highest BCUT2D eigenvalue weighted by atomic mass is 16.5. The maximum absolute atomic E-state index is 13.9. The number of carbonyl (C=O) groups is 7. The van der Waals surface area contributed by atoms with Crippen molar-refractivity contribution in [2.45, 2.75) is 96.8 Å². The second-order valence-electron chi connectivity index (χ2n) is 11.5. The first-order chi connectivity index (χ1) is 22.3. The number of carbonyl (C=O) groups excluding carboxylic acids is 7. The number of rotatable bonds is 18. The number of nitrogens with one attached hydrogen (secondary N) is 3. The number of hydrogen-bond acceptors (Lipinski definition) is 11. The van der Waals surface area contributed by atoms with E-state index in [1.807, 2.05) is 13.8 Å². The number of amides is 5. The zero-order valence-corrected chi connectivity index (χ0v) is 27.5. The van der Waals surface area contributed by atoms with Gasteiger partial charge in [-0.15, -0.1) is 0 Å². The molecule has 5 amide bonds. The van der Waals surface area contributed by atoms with Gasteiger partial charge in [-0.2, -0.15) is 0 Å². The Morgan fingerprint density at radius 2 is 1.81 bits per heavy atom. The number of aryl methyl sites for hydroxylation is 1.